The number of rotatable bonds is 4. The number of benzene rings is 1. The molecular weight excluding hydrogens is 348 g/mol. The SMILES string of the molecule is CCn1nc(C)c(Br)c1CSc1ncnc2ccccc12. The molecule has 3 aromatic rings. The van der Waals surface area contributed by atoms with Crippen LogP contribution in [-0.2, 0) is 12.3 Å². The largest absolute Gasteiger partial charge is 0.268 e. The topological polar surface area (TPSA) is 43.6 Å². The Kier molecular flexibility index (Phi) is 4.26. The van der Waals surface area contributed by atoms with Crippen LogP contribution in [0.25, 0.3) is 10.9 Å². The van der Waals surface area contributed by atoms with Crippen molar-refractivity contribution in [2.24, 2.45) is 0 Å². The molecule has 0 saturated heterocycles. The van der Waals surface area contributed by atoms with Gasteiger partial charge in [-0.05, 0) is 35.8 Å². The Morgan fingerprint density at radius 2 is 2.05 bits per heavy atom. The molecule has 0 fully saturated rings. The summed E-state index contributed by atoms with van der Waals surface area (Å²) < 4.78 is 3.13. The first-order valence-corrected chi connectivity index (χ1v) is 8.53. The molecule has 0 N–H and O–H groups in total. The van der Waals surface area contributed by atoms with E-state index in [4.69, 9.17) is 0 Å². The maximum Gasteiger partial charge on any atom is 0.117 e. The highest BCUT2D eigenvalue weighted by Crippen LogP contribution is 2.31. The van der Waals surface area contributed by atoms with E-state index in [1.165, 1.54) is 5.69 Å². The summed E-state index contributed by atoms with van der Waals surface area (Å²) in [6, 6.07) is 8.09. The fourth-order valence-electron chi connectivity index (χ4n) is 2.24. The van der Waals surface area contributed by atoms with E-state index < -0.39 is 0 Å². The number of thioether (sulfide) groups is 1. The molecule has 0 aliphatic carbocycles. The van der Waals surface area contributed by atoms with Gasteiger partial charge in [-0.3, -0.25) is 4.68 Å². The molecule has 3 rings (SSSR count). The van der Waals surface area contributed by atoms with Crippen LogP contribution >= 0.6 is 27.7 Å². The molecule has 0 unspecified atom stereocenters. The zero-order chi connectivity index (χ0) is 14.8. The molecule has 0 spiro atoms. The van der Waals surface area contributed by atoms with Gasteiger partial charge in [0.25, 0.3) is 0 Å². The van der Waals surface area contributed by atoms with Crippen molar-refractivity contribution in [3.8, 4) is 0 Å². The molecule has 0 aliphatic heterocycles. The highest BCUT2D eigenvalue weighted by molar-refractivity contribution is 9.10. The van der Waals surface area contributed by atoms with Crippen molar-refractivity contribution in [3.63, 3.8) is 0 Å². The highest BCUT2D eigenvalue weighted by Gasteiger charge is 2.13. The second kappa shape index (κ2) is 6.15. The molecule has 2 aromatic heterocycles. The minimum atomic E-state index is 0.830. The summed E-state index contributed by atoms with van der Waals surface area (Å²) >= 11 is 5.35. The summed E-state index contributed by atoms with van der Waals surface area (Å²) in [7, 11) is 0. The van der Waals surface area contributed by atoms with Gasteiger partial charge in [0, 0.05) is 17.7 Å². The van der Waals surface area contributed by atoms with Crippen molar-refractivity contribution in [1.82, 2.24) is 19.7 Å². The van der Waals surface area contributed by atoms with Crippen LogP contribution in [0.4, 0.5) is 0 Å². The number of para-hydroxylation sites is 1. The third-order valence-electron chi connectivity index (χ3n) is 3.30. The Labute approximate surface area is 136 Å². The van der Waals surface area contributed by atoms with Crippen LogP contribution < -0.4 is 0 Å². The van der Waals surface area contributed by atoms with Gasteiger partial charge in [-0.15, -0.1) is 0 Å². The van der Waals surface area contributed by atoms with E-state index in [9.17, 15) is 0 Å². The van der Waals surface area contributed by atoms with Crippen LogP contribution in [0.5, 0.6) is 0 Å². The maximum absolute atomic E-state index is 4.53. The number of fused-ring (bicyclic) bond motifs is 1. The Morgan fingerprint density at radius 1 is 1.24 bits per heavy atom. The van der Waals surface area contributed by atoms with Gasteiger partial charge in [0.1, 0.15) is 11.4 Å². The fourth-order valence-corrected chi connectivity index (χ4v) is 3.87. The fraction of sp³-hybridized carbons (Fsp3) is 0.267. The summed E-state index contributed by atoms with van der Waals surface area (Å²) in [6.07, 6.45) is 1.63. The smallest absolute Gasteiger partial charge is 0.117 e. The summed E-state index contributed by atoms with van der Waals surface area (Å²) in [5.74, 6) is 0.830. The molecule has 6 heteroatoms. The first-order chi connectivity index (χ1) is 10.2. The van der Waals surface area contributed by atoms with Crippen LogP contribution in [0.15, 0.2) is 40.1 Å². The van der Waals surface area contributed by atoms with E-state index in [-0.39, 0.29) is 0 Å². The highest BCUT2D eigenvalue weighted by atomic mass is 79.9. The molecule has 21 heavy (non-hydrogen) atoms. The Bertz CT molecular complexity index is 779. The predicted molar refractivity (Wildman–Crippen MR) is 89.4 cm³/mol. The Balaban J connectivity index is 1.91. The average molecular weight is 363 g/mol. The lowest BCUT2D eigenvalue weighted by molar-refractivity contribution is 0.631. The average Bonchev–Trinajstić information content (AvgIpc) is 2.80. The van der Waals surface area contributed by atoms with Gasteiger partial charge in [-0.1, -0.05) is 30.0 Å². The zero-order valence-corrected chi connectivity index (χ0v) is 14.3. The third-order valence-corrected chi connectivity index (χ3v) is 5.35. The van der Waals surface area contributed by atoms with Gasteiger partial charge in [0.05, 0.1) is 21.4 Å². The quantitative estimate of drug-likeness (QED) is 0.515. The van der Waals surface area contributed by atoms with E-state index >= 15 is 0 Å². The van der Waals surface area contributed by atoms with Gasteiger partial charge < -0.3 is 0 Å². The first-order valence-electron chi connectivity index (χ1n) is 6.75. The van der Waals surface area contributed by atoms with E-state index in [2.05, 4.69) is 44.0 Å². The van der Waals surface area contributed by atoms with Crippen molar-refractivity contribution in [2.75, 3.05) is 0 Å². The number of halogens is 1. The number of hydrogen-bond acceptors (Lipinski definition) is 4. The van der Waals surface area contributed by atoms with Gasteiger partial charge in [-0.2, -0.15) is 5.10 Å². The standard InChI is InChI=1S/C15H15BrN4S/c1-3-20-13(14(16)10(2)19-20)8-21-15-11-6-4-5-7-12(11)17-9-18-15/h4-7,9H,3,8H2,1-2H3. The Hall–Kier alpha value is -1.40. The zero-order valence-electron chi connectivity index (χ0n) is 11.9. The van der Waals surface area contributed by atoms with E-state index in [0.29, 0.717) is 0 Å². The normalized spacial score (nSPS) is 11.2. The second-order valence-electron chi connectivity index (χ2n) is 4.65. The van der Waals surface area contributed by atoms with Crippen molar-refractivity contribution in [3.05, 3.63) is 46.5 Å². The van der Waals surface area contributed by atoms with Gasteiger partial charge in [0.15, 0.2) is 0 Å². The van der Waals surface area contributed by atoms with Gasteiger partial charge in [0.2, 0.25) is 0 Å². The molecule has 0 bridgehead atoms. The van der Waals surface area contributed by atoms with Crippen molar-refractivity contribution < 1.29 is 0 Å². The lowest BCUT2D eigenvalue weighted by Crippen LogP contribution is -2.02. The molecule has 0 atom stereocenters. The first kappa shape index (κ1) is 14.5. The predicted octanol–water partition coefficient (Wildman–Crippen LogP) is 4.21. The minimum absolute atomic E-state index is 0.830. The Morgan fingerprint density at radius 3 is 2.86 bits per heavy atom. The van der Waals surface area contributed by atoms with Crippen LogP contribution in [0, 0.1) is 6.92 Å². The second-order valence-corrected chi connectivity index (χ2v) is 6.40. The van der Waals surface area contributed by atoms with Gasteiger partial charge >= 0.3 is 0 Å². The lowest BCUT2D eigenvalue weighted by atomic mass is 10.2. The van der Waals surface area contributed by atoms with Crippen LogP contribution in [-0.4, -0.2) is 19.7 Å². The number of hydrogen-bond donors (Lipinski definition) is 0. The molecule has 108 valence electrons. The summed E-state index contributed by atoms with van der Waals surface area (Å²) in [5, 5.41) is 6.63. The molecule has 0 saturated carbocycles. The summed E-state index contributed by atoms with van der Waals surface area (Å²) in [6.45, 7) is 4.99. The summed E-state index contributed by atoms with van der Waals surface area (Å²) in [4.78, 5) is 8.72. The summed E-state index contributed by atoms with van der Waals surface area (Å²) in [5.41, 5.74) is 3.21. The maximum atomic E-state index is 4.53. The molecular formula is C15H15BrN4S. The number of aromatic nitrogens is 4. The van der Waals surface area contributed by atoms with Crippen LogP contribution in [0.1, 0.15) is 18.3 Å². The van der Waals surface area contributed by atoms with Crippen molar-refractivity contribution in [2.45, 2.75) is 31.2 Å². The van der Waals surface area contributed by atoms with E-state index in [0.717, 1.165) is 38.4 Å². The number of aryl methyl sites for hydroxylation is 2. The van der Waals surface area contributed by atoms with E-state index in [1.807, 2.05) is 29.8 Å². The molecule has 0 radical (unpaired) electrons. The number of nitrogens with zero attached hydrogens (tertiary/aromatic N) is 4. The molecule has 1 aromatic carbocycles. The molecule has 0 aliphatic rings. The monoisotopic (exact) mass is 362 g/mol. The van der Waals surface area contributed by atoms with E-state index in [1.54, 1.807) is 18.1 Å². The lowest BCUT2D eigenvalue weighted by Gasteiger charge is -2.07. The van der Waals surface area contributed by atoms with Gasteiger partial charge in [-0.25, -0.2) is 9.97 Å². The molecule has 0 amide bonds. The van der Waals surface area contributed by atoms with Crippen LogP contribution in [0.3, 0.4) is 0 Å². The van der Waals surface area contributed by atoms with Crippen molar-refractivity contribution >= 4 is 38.6 Å². The van der Waals surface area contributed by atoms with Crippen molar-refractivity contribution in [1.29, 1.82) is 0 Å². The molecule has 2 heterocycles. The van der Waals surface area contributed by atoms with Crippen LogP contribution in [0.2, 0.25) is 0 Å². The third kappa shape index (κ3) is 2.82. The molecule has 4 nitrogen and oxygen atoms in total. The minimum Gasteiger partial charge on any atom is -0.268 e.